The minimum Gasteiger partial charge on any atom is -0.354 e. The lowest BCUT2D eigenvalue weighted by Gasteiger charge is -2.14. The predicted octanol–water partition coefficient (Wildman–Crippen LogP) is 2.91. The number of hydrogen-bond acceptors (Lipinski definition) is 2. The van der Waals surface area contributed by atoms with Gasteiger partial charge in [0, 0.05) is 30.1 Å². The van der Waals surface area contributed by atoms with Gasteiger partial charge in [0.2, 0.25) is 5.91 Å². The van der Waals surface area contributed by atoms with Crippen LogP contribution in [0.3, 0.4) is 0 Å². The average Bonchev–Trinajstić information content (AvgIpc) is 2.28. The minimum absolute atomic E-state index is 0.0841. The molecule has 4 heteroatoms. The van der Waals surface area contributed by atoms with Gasteiger partial charge in [0.15, 0.2) is 0 Å². The maximum Gasteiger partial charge on any atom is 0.221 e. The number of carbonyl (C=O) groups is 1. The van der Waals surface area contributed by atoms with Crippen LogP contribution in [0.25, 0.3) is 0 Å². The number of nitrogens with one attached hydrogen (secondary N) is 2. The maximum atomic E-state index is 11.4. The molecule has 1 aromatic carbocycles. The zero-order valence-corrected chi connectivity index (χ0v) is 11.9. The van der Waals surface area contributed by atoms with E-state index >= 15 is 0 Å². The van der Waals surface area contributed by atoms with Gasteiger partial charge in [0.1, 0.15) is 0 Å². The van der Waals surface area contributed by atoms with Gasteiger partial charge in [-0.05, 0) is 38.5 Å². The van der Waals surface area contributed by atoms with Crippen molar-refractivity contribution in [3.63, 3.8) is 0 Å². The van der Waals surface area contributed by atoms with E-state index in [0.29, 0.717) is 13.0 Å². The third-order valence-corrected chi connectivity index (χ3v) is 2.87. The Balaban J connectivity index is 2.31. The molecule has 1 aromatic rings. The summed E-state index contributed by atoms with van der Waals surface area (Å²) in [5.41, 5.74) is 1.17. The van der Waals surface area contributed by atoms with Crippen LogP contribution in [0.1, 0.15) is 38.8 Å². The Kier molecular flexibility index (Phi) is 6.16. The highest BCUT2D eigenvalue weighted by atomic mass is 35.5. The Morgan fingerprint density at radius 3 is 2.39 bits per heavy atom. The van der Waals surface area contributed by atoms with E-state index in [0.717, 1.165) is 5.02 Å². The first-order chi connectivity index (χ1) is 8.49. The van der Waals surface area contributed by atoms with Gasteiger partial charge in [-0.2, -0.15) is 0 Å². The second-order valence-corrected chi connectivity index (χ2v) is 5.14. The van der Waals surface area contributed by atoms with Crippen LogP contribution in [0.15, 0.2) is 24.3 Å². The highest BCUT2D eigenvalue weighted by molar-refractivity contribution is 6.30. The summed E-state index contributed by atoms with van der Waals surface area (Å²) in [7, 11) is 0. The Bertz CT molecular complexity index is 376. The largest absolute Gasteiger partial charge is 0.354 e. The Hall–Kier alpha value is -1.06. The third kappa shape index (κ3) is 5.52. The fraction of sp³-hybridized carbons (Fsp3) is 0.500. The van der Waals surface area contributed by atoms with Crippen LogP contribution < -0.4 is 10.6 Å². The normalized spacial score (nSPS) is 12.5. The molecular weight excluding hydrogens is 248 g/mol. The molecule has 0 bridgehead atoms. The van der Waals surface area contributed by atoms with Gasteiger partial charge in [0.05, 0.1) is 0 Å². The quantitative estimate of drug-likeness (QED) is 0.833. The van der Waals surface area contributed by atoms with Gasteiger partial charge in [0.25, 0.3) is 0 Å². The van der Waals surface area contributed by atoms with E-state index < -0.39 is 0 Å². The number of amides is 1. The molecule has 0 saturated carbocycles. The summed E-state index contributed by atoms with van der Waals surface area (Å²) in [6, 6.07) is 8.16. The van der Waals surface area contributed by atoms with Crippen molar-refractivity contribution in [2.75, 3.05) is 6.54 Å². The van der Waals surface area contributed by atoms with Gasteiger partial charge >= 0.3 is 0 Å². The van der Waals surface area contributed by atoms with Crippen LogP contribution in [0.4, 0.5) is 0 Å². The number of carbonyl (C=O) groups excluding carboxylic acids is 1. The molecule has 1 rings (SSSR count). The van der Waals surface area contributed by atoms with Crippen LogP contribution in [-0.2, 0) is 4.79 Å². The molecule has 0 aliphatic rings. The average molecular weight is 269 g/mol. The van der Waals surface area contributed by atoms with Crippen LogP contribution >= 0.6 is 11.6 Å². The summed E-state index contributed by atoms with van der Waals surface area (Å²) in [5, 5.41) is 6.92. The van der Waals surface area contributed by atoms with E-state index in [1.165, 1.54) is 5.56 Å². The summed E-state index contributed by atoms with van der Waals surface area (Å²) in [6.45, 7) is 6.66. The fourth-order valence-electron chi connectivity index (χ4n) is 1.67. The van der Waals surface area contributed by atoms with Gasteiger partial charge in [-0.15, -0.1) is 0 Å². The zero-order chi connectivity index (χ0) is 13.5. The molecule has 0 unspecified atom stereocenters. The smallest absolute Gasteiger partial charge is 0.221 e. The van der Waals surface area contributed by atoms with Crippen molar-refractivity contribution in [2.45, 2.75) is 39.3 Å². The lowest BCUT2D eigenvalue weighted by Crippen LogP contribution is -2.33. The number of benzene rings is 1. The summed E-state index contributed by atoms with van der Waals surface area (Å²) < 4.78 is 0. The summed E-state index contributed by atoms with van der Waals surface area (Å²) in [4.78, 5) is 11.4. The lowest BCUT2D eigenvalue weighted by atomic mass is 10.1. The second kappa shape index (κ2) is 7.39. The molecule has 2 N–H and O–H groups in total. The molecule has 3 nitrogen and oxygen atoms in total. The van der Waals surface area contributed by atoms with Crippen molar-refractivity contribution in [1.29, 1.82) is 0 Å². The van der Waals surface area contributed by atoms with Crippen molar-refractivity contribution >= 4 is 17.5 Å². The van der Waals surface area contributed by atoms with Crippen molar-refractivity contribution in [2.24, 2.45) is 0 Å². The van der Waals surface area contributed by atoms with E-state index in [1.807, 2.05) is 38.1 Å². The summed E-state index contributed by atoms with van der Waals surface area (Å²) in [5.74, 6) is 0.0841. The van der Waals surface area contributed by atoms with Crippen molar-refractivity contribution in [3.8, 4) is 0 Å². The minimum atomic E-state index is 0.0841. The zero-order valence-electron chi connectivity index (χ0n) is 11.2. The van der Waals surface area contributed by atoms with Crippen molar-refractivity contribution in [1.82, 2.24) is 10.6 Å². The standard InChI is InChI=1S/C14H21ClN2O/c1-10(2)17-14(18)8-9-16-11(3)12-4-6-13(15)7-5-12/h4-7,10-11,16H,8-9H2,1-3H3,(H,17,18)/t11-/m1/s1. The first kappa shape index (κ1) is 15.0. The van der Waals surface area contributed by atoms with Gasteiger partial charge < -0.3 is 10.6 Å². The molecule has 0 fully saturated rings. The summed E-state index contributed by atoms with van der Waals surface area (Å²) in [6.07, 6.45) is 0.496. The van der Waals surface area contributed by atoms with Crippen molar-refractivity contribution < 1.29 is 4.79 Å². The fourth-order valence-corrected chi connectivity index (χ4v) is 1.79. The van der Waals surface area contributed by atoms with Crippen LogP contribution in [-0.4, -0.2) is 18.5 Å². The topological polar surface area (TPSA) is 41.1 Å². The molecule has 0 aromatic heterocycles. The van der Waals surface area contributed by atoms with Gasteiger partial charge in [-0.1, -0.05) is 23.7 Å². The van der Waals surface area contributed by atoms with Gasteiger partial charge in [-0.25, -0.2) is 0 Å². The number of rotatable bonds is 6. The van der Waals surface area contributed by atoms with E-state index in [1.54, 1.807) is 0 Å². The van der Waals surface area contributed by atoms with Crippen molar-refractivity contribution in [3.05, 3.63) is 34.9 Å². The molecule has 0 spiro atoms. The SMILES string of the molecule is CC(C)NC(=O)CCN[C@H](C)c1ccc(Cl)cc1. The highest BCUT2D eigenvalue weighted by Gasteiger charge is 2.06. The highest BCUT2D eigenvalue weighted by Crippen LogP contribution is 2.15. The third-order valence-electron chi connectivity index (χ3n) is 2.62. The molecule has 0 saturated heterocycles. The Labute approximate surface area is 114 Å². The maximum absolute atomic E-state index is 11.4. The number of halogens is 1. The molecule has 18 heavy (non-hydrogen) atoms. The second-order valence-electron chi connectivity index (χ2n) is 4.70. The molecular formula is C14H21ClN2O. The summed E-state index contributed by atoms with van der Waals surface area (Å²) >= 11 is 5.84. The lowest BCUT2D eigenvalue weighted by molar-refractivity contribution is -0.121. The molecule has 1 atom stereocenters. The number of hydrogen-bond donors (Lipinski definition) is 2. The molecule has 0 aliphatic heterocycles. The van der Waals surface area contributed by atoms with E-state index in [2.05, 4.69) is 17.6 Å². The van der Waals surface area contributed by atoms with E-state index in [4.69, 9.17) is 11.6 Å². The van der Waals surface area contributed by atoms with Crippen LogP contribution in [0.2, 0.25) is 5.02 Å². The monoisotopic (exact) mass is 268 g/mol. The van der Waals surface area contributed by atoms with E-state index in [9.17, 15) is 4.79 Å². The molecule has 0 heterocycles. The van der Waals surface area contributed by atoms with Crippen LogP contribution in [0.5, 0.6) is 0 Å². The molecule has 1 amide bonds. The molecule has 0 radical (unpaired) electrons. The first-order valence-corrected chi connectivity index (χ1v) is 6.65. The van der Waals surface area contributed by atoms with Crippen LogP contribution in [0, 0.1) is 0 Å². The Morgan fingerprint density at radius 1 is 1.22 bits per heavy atom. The Morgan fingerprint density at radius 2 is 1.83 bits per heavy atom. The molecule has 100 valence electrons. The molecule has 0 aliphatic carbocycles. The first-order valence-electron chi connectivity index (χ1n) is 6.27. The predicted molar refractivity (Wildman–Crippen MR) is 75.8 cm³/mol. The van der Waals surface area contributed by atoms with E-state index in [-0.39, 0.29) is 18.0 Å². The van der Waals surface area contributed by atoms with Gasteiger partial charge in [-0.3, -0.25) is 4.79 Å².